The highest BCUT2D eigenvalue weighted by Gasteiger charge is 2.35. The molecule has 0 aromatic heterocycles. The second-order valence-corrected chi connectivity index (χ2v) is 9.03. The second kappa shape index (κ2) is 11.4. The SMILES string of the molecule is COc1ccccc1NC(=O)C[C@@H]1C(=O)NCCN1C(=O)CN1CCN(c2cccc(Cl)c2)CC1. The molecule has 0 saturated carbocycles. The number of methoxy groups -OCH3 is 1. The number of piperazine rings is 2. The molecule has 2 heterocycles. The van der Waals surface area contributed by atoms with Gasteiger partial charge in [0.1, 0.15) is 11.8 Å². The number of halogens is 1. The van der Waals surface area contributed by atoms with E-state index in [9.17, 15) is 14.4 Å². The van der Waals surface area contributed by atoms with E-state index in [0.717, 1.165) is 31.9 Å². The molecule has 2 N–H and O–H groups in total. The van der Waals surface area contributed by atoms with Gasteiger partial charge >= 0.3 is 0 Å². The molecular formula is C25H30ClN5O4. The Morgan fingerprint density at radius 2 is 1.86 bits per heavy atom. The van der Waals surface area contributed by atoms with Gasteiger partial charge in [0.25, 0.3) is 0 Å². The Bertz CT molecular complexity index is 1070. The zero-order chi connectivity index (χ0) is 24.8. The summed E-state index contributed by atoms with van der Waals surface area (Å²) >= 11 is 6.11. The first-order valence-electron chi connectivity index (χ1n) is 11.7. The third-order valence-electron chi connectivity index (χ3n) is 6.32. The minimum absolute atomic E-state index is 0.127. The number of carbonyl (C=O) groups excluding carboxylic acids is 3. The molecule has 0 unspecified atom stereocenters. The standard InChI is InChI=1S/C25H30ClN5O4/c1-35-22-8-3-2-7-20(22)28-23(32)16-21-25(34)27-9-10-31(21)24(33)17-29-11-13-30(14-12-29)19-6-4-5-18(26)15-19/h2-8,15,21H,9-14,16-17H2,1H3,(H,27,34)(H,28,32)/t21-/m1/s1. The lowest BCUT2D eigenvalue weighted by Crippen LogP contribution is -2.60. The van der Waals surface area contributed by atoms with E-state index in [1.807, 2.05) is 24.3 Å². The summed E-state index contributed by atoms with van der Waals surface area (Å²) in [6, 6.07) is 14.0. The van der Waals surface area contributed by atoms with Crippen molar-refractivity contribution in [2.75, 3.05) is 63.1 Å². The van der Waals surface area contributed by atoms with Crippen LogP contribution >= 0.6 is 11.6 Å². The van der Waals surface area contributed by atoms with E-state index in [2.05, 4.69) is 20.4 Å². The number of nitrogens with zero attached hydrogens (tertiary/aromatic N) is 3. The molecule has 1 atom stereocenters. The number of para-hydroxylation sites is 2. The molecule has 2 aliphatic rings. The molecule has 3 amide bonds. The number of hydrogen-bond acceptors (Lipinski definition) is 6. The summed E-state index contributed by atoms with van der Waals surface area (Å²) in [7, 11) is 1.52. The molecular weight excluding hydrogens is 470 g/mol. The van der Waals surface area contributed by atoms with Crippen molar-refractivity contribution < 1.29 is 19.1 Å². The number of amides is 3. The van der Waals surface area contributed by atoms with Crippen LogP contribution in [0.5, 0.6) is 5.75 Å². The van der Waals surface area contributed by atoms with Gasteiger partial charge in [0.05, 0.1) is 25.8 Å². The number of carbonyl (C=O) groups is 3. The largest absolute Gasteiger partial charge is 0.495 e. The summed E-state index contributed by atoms with van der Waals surface area (Å²) in [6.45, 7) is 3.95. The van der Waals surface area contributed by atoms with Crippen molar-refractivity contribution in [3.8, 4) is 5.75 Å². The molecule has 186 valence electrons. The predicted octanol–water partition coefficient (Wildman–Crippen LogP) is 1.83. The maximum absolute atomic E-state index is 13.2. The van der Waals surface area contributed by atoms with E-state index in [-0.39, 0.29) is 30.7 Å². The number of rotatable bonds is 7. The quantitative estimate of drug-likeness (QED) is 0.603. The summed E-state index contributed by atoms with van der Waals surface area (Å²) in [6.07, 6.45) is -0.127. The molecule has 0 bridgehead atoms. The van der Waals surface area contributed by atoms with Crippen LogP contribution in [-0.2, 0) is 14.4 Å². The third-order valence-corrected chi connectivity index (χ3v) is 6.55. The number of ether oxygens (including phenoxy) is 1. The monoisotopic (exact) mass is 499 g/mol. The Morgan fingerprint density at radius 1 is 1.09 bits per heavy atom. The van der Waals surface area contributed by atoms with Crippen LogP contribution in [0.3, 0.4) is 0 Å². The van der Waals surface area contributed by atoms with E-state index >= 15 is 0 Å². The van der Waals surface area contributed by atoms with Gasteiger partial charge in [-0.15, -0.1) is 0 Å². The van der Waals surface area contributed by atoms with E-state index < -0.39 is 6.04 Å². The smallest absolute Gasteiger partial charge is 0.243 e. The average Bonchev–Trinajstić information content (AvgIpc) is 2.86. The zero-order valence-corrected chi connectivity index (χ0v) is 20.5. The molecule has 35 heavy (non-hydrogen) atoms. The van der Waals surface area contributed by atoms with Crippen molar-refractivity contribution >= 4 is 40.7 Å². The Balaban J connectivity index is 1.34. The first-order chi connectivity index (χ1) is 16.9. The van der Waals surface area contributed by atoms with Crippen LogP contribution in [0, 0.1) is 0 Å². The number of nitrogens with one attached hydrogen (secondary N) is 2. The van der Waals surface area contributed by atoms with Gasteiger partial charge in [0.15, 0.2) is 0 Å². The van der Waals surface area contributed by atoms with Gasteiger partial charge in [0.2, 0.25) is 17.7 Å². The van der Waals surface area contributed by atoms with Gasteiger partial charge in [-0.1, -0.05) is 29.8 Å². The molecule has 2 fully saturated rings. The minimum atomic E-state index is -0.848. The Kier molecular flexibility index (Phi) is 8.09. The Morgan fingerprint density at radius 3 is 2.60 bits per heavy atom. The molecule has 0 radical (unpaired) electrons. The topological polar surface area (TPSA) is 94.2 Å². The molecule has 2 aliphatic heterocycles. The van der Waals surface area contributed by atoms with Crippen molar-refractivity contribution in [3.63, 3.8) is 0 Å². The van der Waals surface area contributed by atoms with Crippen molar-refractivity contribution in [3.05, 3.63) is 53.6 Å². The maximum atomic E-state index is 13.2. The molecule has 9 nitrogen and oxygen atoms in total. The number of benzene rings is 2. The van der Waals surface area contributed by atoms with Crippen molar-refractivity contribution in [1.82, 2.24) is 15.1 Å². The zero-order valence-electron chi connectivity index (χ0n) is 19.7. The molecule has 10 heteroatoms. The summed E-state index contributed by atoms with van der Waals surface area (Å²) in [5.41, 5.74) is 1.59. The van der Waals surface area contributed by atoms with Gasteiger partial charge in [-0.3, -0.25) is 19.3 Å². The molecule has 2 aromatic carbocycles. The third kappa shape index (κ3) is 6.23. The lowest BCUT2D eigenvalue weighted by Gasteiger charge is -2.39. The highest BCUT2D eigenvalue weighted by Crippen LogP contribution is 2.24. The normalized spacial score (nSPS) is 18.7. The summed E-state index contributed by atoms with van der Waals surface area (Å²) in [5, 5.41) is 6.26. The van der Waals surface area contributed by atoms with Crippen molar-refractivity contribution in [1.29, 1.82) is 0 Å². The fourth-order valence-electron chi connectivity index (χ4n) is 4.46. The molecule has 4 rings (SSSR count). The van der Waals surface area contributed by atoms with Gasteiger partial charge in [-0.2, -0.15) is 0 Å². The molecule has 2 saturated heterocycles. The summed E-state index contributed by atoms with van der Waals surface area (Å²) in [4.78, 5) is 44.4. The van der Waals surface area contributed by atoms with Crippen molar-refractivity contribution in [2.24, 2.45) is 0 Å². The molecule has 2 aromatic rings. The highest BCUT2D eigenvalue weighted by atomic mass is 35.5. The highest BCUT2D eigenvalue weighted by molar-refractivity contribution is 6.30. The first-order valence-corrected chi connectivity index (χ1v) is 12.1. The van der Waals surface area contributed by atoms with Crippen LogP contribution < -0.4 is 20.3 Å². The van der Waals surface area contributed by atoms with E-state index in [1.165, 1.54) is 12.0 Å². The van der Waals surface area contributed by atoms with Crippen molar-refractivity contribution in [2.45, 2.75) is 12.5 Å². The Labute approximate surface area is 210 Å². The first kappa shape index (κ1) is 24.8. The molecule has 0 spiro atoms. The van der Waals surface area contributed by atoms with Crippen LogP contribution in [0.2, 0.25) is 5.02 Å². The lowest BCUT2D eigenvalue weighted by molar-refractivity contribution is -0.145. The fraction of sp³-hybridized carbons (Fsp3) is 0.400. The van der Waals surface area contributed by atoms with E-state index in [0.29, 0.717) is 29.5 Å². The second-order valence-electron chi connectivity index (χ2n) is 8.59. The minimum Gasteiger partial charge on any atom is -0.495 e. The van der Waals surface area contributed by atoms with E-state index in [4.69, 9.17) is 16.3 Å². The van der Waals surface area contributed by atoms with Gasteiger partial charge in [-0.25, -0.2) is 0 Å². The average molecular weight is 500 g/mol. The molecule has 0 aliphatic carbocycles. The fourth-order valence-corrected chi connectivity index (χ4v) is 4.64. The van der Waals surface area contributed by atoms with Crippen LogP contribution in [0.4, 0.5) is 11.4 Å². The maximum Gasteiger partial charge on any atom is 0.243 e. The van der Waals surface area contributed by atoms with Crippen LogP contribution in [0.25, 0.3) is 0 Å². The predicted molar refractivity (Wildman–Crippen MR) is 135 cm³/mol. The van der Waals surface area contributed by atoms with Crippen LogP contribution in [-0.4, -0.2) is 86.5 Å². The number of hydrogen-bond donors (Lipinski definition) is 2. The van der Waals surface area contributed by atoms with Gasteiger partial charge < -0.3 is 25.2 Å². The summed E-state index contributed by atoms with van der Waals surface area (Å²) < 4.78 is 5.27. The van der Waals surface area contributed by atoms with Gasteiger partial charge in [-0.05, 0) is 30.3 Å². The van der Waals surface area contributed by atoms with Gasteiger partial charge in [0, 0.05) is 50.0 Å². The van der Waals surface area contributed by atoms with Crippen LogP contribution in [0.15, 0.2) is 48.5 Å². The van der Waals surface area contributed by atoms with Crippen LogP contribution in [0.1, 0.15) is 6.42 Å². The summed E-state index contributed by atoms with van der Waals surface area (Å²) in [5.74, 6) is -0.292. The van der Waals surface area contributed by atoms with E-state index in [1.54, 1.807) is 24.3 Å². The number of anilines is 2. The lowest BCUT2D eigenvalue weighted by atomic mass is 10.1. The Hall–Kier alpha value is -3.30.